The number of aliphatic hydroxyl groups is 1. The molecule has 1 amide bonds. The van der Waals surface area contributed by atoms with Gasteiger partial charge in [0.15, 0.2) is 0 Å². The van der Waals surface area contributed by atoms with Crippen molar-refractivity contribution in [2.45, 2.75) is 56.4 Å². The first-order chi connectivity index (χ1) is 15.1. The van der Waals surface area contributed by atoms with Gasteiger partial charge in [0.2, 0.25) is 0 Å². The topological polar surface area (TPSA) is 68.2 Å². The van der Waals surface area contributed by atoms with Gasteiger partial charge in [0.1, 0.15) is 12.4 Å². The highest BCUT2D eigenvalue weighted by atomic mass is 16.6. The molecule has 2 aromatic carbocycles. The number of amides is 1. The summed E-state index contributed by atoms with van der Waals surface area (Å²) in [6.07, 6.45) is 3.14. The summed E-state index contributed by atoms with van der Waals surface area (Å²) in [5.74, 6) is 0.983. The minimum Gasteiger partial charge on any atom is -0.493 e. The van der Waals surface area contributed by atoms with E-state index in [1.165, 1.54) is 11.1 Å². The standard InChI is InChI=1S/C25H29NO5/c27-24(31-15-19-4-2-1-3-5-19)26-21-13-25(28,14-22(26)17-29-16-21)10-8-18-6-7-23-20(12-18)9-11-30-23/h1-7,12,21-22,28H,8-11,13-17H2. The molecular weight excluding hydrogens is 394 g/mol. The highest BCUT2D eigenvalue weighted by Gasteiger charge is 2.48. The Balaban J connectivity index is 1.21. The number of carbonyl (C=O) groups excluding carboxylic acids is 1. The highest BCUT2D eigenvalue weighted by molar-refractivity contribution is 5.69. The van der Waals surface area contributed by atoms with Gasteiger partial charge in [-0.15, -0.1) is 0 Å². The summed E-state index contributed by atoms with van der Waals surface area (Å²) in [7, 11) is 0. The maximum atomic E-state index is 12.8. The van der Waals surface area contributed by atoms with E-state index in [1.807, 2.05) is 36.4 Å². The lowest BCUT2D eigenvalue weighted by molar-refractivity contribution is -0.135. The molecule has 2 aromatic rings. The van der Waals surface area contributed by atoms with Crippen molar-refractivity contribution < 1.29 is 24.1 Å². The molecule has 3 heterocycles. The average Bonchev–Trinajstić information content (AvgIpc) is 3.24. The molecule has 3 aliphatic rings. The predicted molar refractivity (Wildman–Crippen MR) is 115 cm³/mol. The molecule has 6 nitrogen and oxygen atoms in total. The molecule has 164 valence electrons. The number of hydrogen-bond acceptors (Lipinski definition) is 5. The summed E-state index contributed by atoms with van der Waals surface area (Å²) in [4.78, 5) is 14.6. The lowest BCUT2D eigenvalue weighted by atomic mass is 9.78. The monoisotopic (exact) mass is 423 g/mol. The number of benzene rings is 2. The van der Waals surface area contributed by atoms with Crippen LogP contribution in [-0.4, -0.2) is 53.6 Å². The number of hydrogen-bond donors (Lipinski definition) is 1. The zero-order chi connectivity index (χ0) is 21.3. The van der Waals surface area contributed by atoms with Crippen LogP contribution in [0.4, 0.5) is 4.79 Å². The zero-order valence-corrected chi connectivity index (χ0v) is 17.7. The molecule has 3 aliphatic heterocycles. The minimum atomic E-state index is -0.801. The van der Waals surface area contributed by atoms with Gasteiger partial charge in [0.25, 0.3) is 0 Å². The summed E-state index contributed by atoms with van der Waals surface area (Å²) >= 11 is 0. The number of piperidine rings is 1. The lowest BCUT2D eigenvalue weighted by Crippen LogP contribution is -2.63. The van der Waals surface area contributed by atoms with Crippen molar-refractivity contribution in [3.8, 4) is 5.75 Å². The van der Waals surface area contributed by atoms with Crippen LogP contribution in [-0.2, 0) is 28.9 Å². The molecule has 2 atom stereocenters. The largest absolute Gasteiger partial charge is 0.493 e. The van der Waals surface area contributed by atoms with Crippen LogP contribution in [0.3, 0.4) is 0 Å². The Bertz CT molecular complexity index is 917. The Kier molecular flexibility index (Phi) is 5.59. The van der Waals surface area contributed by atoms with E-state index in [1.54, 1.807) is 4.90 Å². The summed E-state index contributed by atoms with van der Waals surface area (Å²) in [6, 6.07) is 15.7. The molecule has 0 aromatic heterocycles. The van der Waals surface area contributed by atoms with E-state index in [0.717, 1.165) is 30.8 Å². The molecule has 0 aliphatic carbocycles. The van der Waals surface area contributed by atoms with E-state index < -0.39 is 5.60 Å². The van der Waals surface area contributed by atoms with Crippen molar-refractivity contribution in [3.05, 3.63) is 65.2 Å². The SMILES string of the molecule is O=C(OCc1ccccc1)N1C2COCC1CC(O)(CCc1ccc3c(c1)CCO3)C2. The van der Waals surface area contributed by atoms with Crippen LogP contribution in [0.15, 0.2) is 48.5 Å². The van der Waals surface area contributed by atoms with Crippen molar-refractivity contribution in [1.82, 2.24) is 4.90 Å². The summed E-state index contributed by atoms with van der Waals surface area (Å²) in [6.45, 7) is 1.88. The molecule has 0 radical (unpaired) electrons. The molecule has 1 N–H and O–H groups in total. The second-order valence-corrected chi connectivity index (χ2v) is 8.97. The second kappa shape index (κ2) is 8.52. The third-order valence-corrected chi connectivity index (χ3v) is 6.69. The first-order valence-electron chi connectivity index (χ1n) is 11.1. The van der Waals surface area contributed by atoms with E-state index >= 15 is 0 Å². The Morgan fingerprint density at radius 3 is 2.65 bits per heavy atom. The lowest BCUT2D eigenvalue weighted by Gasteiger charge is -2.51. The van der Waals surface area contributed by atoms with Gasteiger partial charge >= 0.3 is 6.09 Å². The molecule has 0 spiro atoms. The minimum absolute atomic E-state index is 0.158. The number of aryl methyl sites for hydroxylation is 1. The van der Waals surface area contributed by atoms with Gasteiger partial charge in [-0.05, 0) is 48.4 Å². The van der Waals surface area contributed by atoms with Crippen molar-refractivity contribution >= 4 is 6.09 Å². The van der Waals surface area contributed by atoms with Gasteiger partial charge in [0, 0.05) is 6.42 Å². The number of nitrogens with zero attached hydrogens (tertiary/aromatic N) is 1. The van der Waals surface area contributed by atoms with Crippen LogP contribution >= 0.6 is 0 Å². The van der Waals surface area contributed by atoms with E-state index in [-0.39, 0.29) is 24.8 Å². The van der Waals surface area contributed by atoms with E-state index in [2.05, 4.69) is 12.1 Å². The van der Waals surface area contributed by atoms with Crippen LogP contribution < -0.4 is 4.74 Å². The van der Waals surface area contributed by atoms with E-state index in [0.29, 0.717) is 32.5 Å². The molecule has 2 saturated heterocycles. The Morgan fingerprint density at radius 2 is 1.87 bits per heavy atom. The van der Waals surface area contributed by atoms with Gasteiger partial charge in [-0.1, -0.05) is 42.5 Å². The Morgan fingerprint density at radius 1 is 1.10 bits per heavy atom. The average molecular weight is 424 g/mol. The van der Waals surface area contributed by atoms with Crippen molar-refractivity contribution in [2.24, 2.45) is 0 Å². The maximum absolute atomic E-state index is 12.8. The molecule has 0 saturated carbocycles. The summed E-state index contributed by atoms with van der Waals surface area (Å²) in [5.41, 5.74) is 2.64. The first-order valence-corrected chi connectivity index (χ1v) is 11.1. The van der Waals surface area contributed by atoms with E-state index in [9.17, 15) is 9.90 Å². The van der Waals surface area contributed by atoms with Crippen molar-refractivity contribution in [3.63, 3.8) is 0 Å². The number of rotatable bonds is 5. The van der Waals surface area contributed by atoms with Gasteiger partial charge < -0.3 is 19.3 Å². The summed E-state index contributed by atoms with van der Waals surface area (Å²) < 4.78 is 16.9. The van der Waals surface area contributed by atoms with Crippen LogP contribution in [0.5, 0.6) is 5.75 Å². The maximum Gasteiger partial charge on any atom is 0.410 e. The molecular formula is C25H29NO5. The number of fused-ring (bicyclic) bond motifs is 3. The fourth-order valence-electron chi connectivity index (χ4n) is 5.14. The van der Waals surface area contributed by atoms with Gasteiger partial charge in [-0.25, -0.2) is 4.79 Å². The summed E-state index contributed by atoms with van der Waals surface area (Å²) in [5, 5.41) is 11.4. The second-order valence-electron chi connectivity index (χ2n) is 8.97. The third kappa shape index (κ3) is 4.41. The number of carbonyl (C=O) groups is 1. The van der Waals surface area contributed by atoms with Gasteiger partial charge in [0.05, 0.1) is 37.5 Å². The van der Waals surface area contributed by atoms with Crippen LogP contribution in [0.25, 0.3) is 0 Å². The fraction of sp³-hybridized carbons (Fsp3) is 0.480. The quantitative estimate of drug-likeness (QED) is 0.798. The normalized spacial score (nSPS) is 26.8. The van der Waals surface area contributed by atoms with Crippen LogP contribution in [0, 0.1) is 0 Å². The molecule has 2 unspecified atom stereocenters. The number of morpholine rings is 1. The predicted octanol–water partition coefficient (Wildman–Crippen LogP) is 3.49. The zero-order valence-electron chi connectivity index (χ0n) is 17.7. The molecule has 6 heteroatoms. The Labute approximate surface area is 182 Å². The smallest absolute Gasteiger partial charge is 0.410 e. The fourth-order valence-corrected chi connectivity index (χ4v) is 5.14. The van der Waals surface area contributed by atoms with Gasteiger partial charge in [-0.3, -0.25) is 4.90 Å². The third-order valence-electron chi connectivity index (χ3n) is 6.69. The van der Waals surface area contributed by atoms with Crippen LogP contribution in [0.2, 0.25) is 0 Å². The number of ether oxygens (including phenoxy) is 3. The van der Waals surface area contributed by atoms with Crippen LogP contribution in [0.1, 0.15) is 36.0 Å². The molecule has 2 bridgehead atoms. The van der Waals surface area contributed by atoms with Crippen molar-refractivity contribution in [1.29, 1.82) is 0 Å². The Hall–Kier alpha value is -2.57. The molecule has 5 rings (SSSR count). The highest BCUT2D eigenvalue weighted by Crippen LogP contribution is 2.38. The van der Waals surface area contributed by atoms with E-state index in [4.69, 9.17) is 14.2 Å². The first kappa shape index (κ1) is 20.3. The molecule has 31 heavy (non-hydrogen) atoms. The van der Waals surface area contributed by atoms with Gasteiger partial charge in [-0.2, -0.15) is 0 Å². The molecule has 2 fully saturated rings. The van der Waals surface area contributed by atoms with Crippen molar-refractivity contribution in [2.75, 3.05) is 19.8 Å².